The fraction of sp³-hybridized carbons (Fsp3) is 0.409. The van der Waals surface area contributed by atoms with Crippen molar-refractivity contribution < 1.29 is 4.79 Å². The first-order chi connectivity index (χ1) is 12.3. The maximum atomic E-state index is 12.8. The van der Waals surface area contributed by atoms with Crippen LogP contribution < -0.4 is 5.32 Å². The van der Waals surface area contributed by atoms with Crippen molar-refractivity contribution in [3.63, 3.8) is 0 Å². The highest BCUT2D eigenvalue weighted by Gasteiger charge is 2.46. The zero-order chi connectivity index (χ0) is 17.1. The number of rotatable bonds is 5. The summed E-state index contributed by atoms with van der Waals surface area (Å²) in [6.07, 6.45) is 4.21. The highest BCUT2D eigenvalue weighted by atomic mass is 16.2. The zero-order valence-corrected chi connectivity index (χ0v) is 14.6. The predicted molar refractivity (Wildman–Crippen MR) is 100 cm³/mol. The predicted octanol–water partition coefficient (Wildman–Crippen LogP) is 3.57. The van der Waals surface area contributed by atoms with E-state index in [1.807, 2.05) is 6.07 Å². The molecule has 0 aliphatic carbocycles. The second-order valence-electron chi connectivity index (χ2n) is 7.24. The molecule has 25 heavy (non-hydrogen) atoms. The third kappa shape index (κ3) is 3.47. The Hall–Kier alpha value is -2.13. The summed E-state index contributed by atoms with van der Waals surface area (Å²) in [7, 11) is 0. The molecule has 0 bridgehead atoms. The number of benzene rings is 2. The number of nitrogens with one attached hydrogen (secondary N) is 1. The summed E-state index contributed by atoms with van der Waals surface area (Å²) in [6, 6.07) is 21.9. The molecule has 2 saturated heterocycles. The molecule has 3 atom stereocenters. The molecular formula is C22H26N2O. The molecule has 2 fully saturated rings. The standard InChI is InChI=1S/C22H26N2O/c25-22(23-14-13-17-8-3-1-4-9-17)19-16-21(18-10-5-2-6-11-18)24-15-7-12-20(19)24/h1-6,8-11,19-21H,7,12-16H2,(H,23,25)/t19-,20+,21-/m0/s1. The molecule has 3 heteroatoms. The smallest absolute Gasteiger partial charge is 0.224 e. The van der Waals surface area contributed by atoms with E-state index in [4.69, 9.17) is 0 Å². The van der Waals surface area contributed by atoms with Crippen LogP contribution in [0.4, 0.5) is 0 Å². The number of amides is 1. The quantitative estimate of drug-likeness (QED) is 0.906. The average Bonchev–Trinajstić information content (AvgIpc) is 3.26. The molecule has 2 aromatic rings. The van der Waals surface area contributed by atoms with Crippen LogP contribution in [0.15, 0.2) is 60.7 Å². The van der Waals surface area contributed by atoms with Crippen LogP contribution in [0, 0.1) is 5.92 Å². The molecule has 0 unspecified atom stereocenters. The monoisotopic (exact) mass is 334 g/mol. The van der Waals surface area contributed by atoms with Gasteiger partial charge in [-0.2, -0.15) is 0 Å². The summed E-state index contributed by atoms with van der Waals surface area (Å²) in [4.78, 5) is 15.4. The van der Waals surface area contributed by atoms with E-state index < -0.39 is 0 Å². The third-order valence-electron chi connectivity index (χ3n) is 5.76. The molecule has 130 valence electrons. The van der Waals surface area contributed by atoms with Crippen molar-refractivity contribution in [2.24, 2.45) is 5.92 Å². The van der Waals surface area contributed by atoms with Gasteiger partial charge in [0.2, 0.25) is 5.91 Å². The minimum Gasteiger partial charge on any atom is -0.355 e. The minimum absolute atomic E-state index is 0.128. The van der Waals surface area contributed by atoms with Crippen LogP contribution in [-0.2, 0) is 11.2 Å². The lowest BCUT2D eigenvalue weighted by Gasteiger charge is -2.24. The highest BCUT2D eigenvalue weighted by molar-refractivity contribution is 5.80. The van der Waals surface area contributed by atoms with E-state index >= 15 is 0 Å². The first-order valence-electron chi connectivity index (χ1n) is 9.45. The van der Waals surface area contributed by atoms with Gasteiger partial charge in [0.25, 0.3) is 0 Å². The summed E-state index contributed by atoms with van der Waals surface area (Å²) < 4.78 is 0. The van der Waals surface area contributed by atoms with E-state index in [0.717, 1.165) is 32.4 Å². The van der Waals surface area contributed by atoms with E-state index in [0.29, 0.717) is 12.1 Å². The van der Waals surface area contributed by atoms with Gasteiger partial charge in [0.05, 0.1) is 5.92 Å². The molecule has 4 rings (SSSR count). The van der Waals surface area contributed by atoms with Crippen LogP contribution in [-0.4, -0.2) is 29.9 Å². The molecule has 0 spiro atoms. The van der Waals surface area contributed by atoms with Crippen molar-refractivity contribution >= 4 is 5.91 Å². The van der Waals surface area contributed by atoms with Gasteiger partial charge in [-0.3, -0.25) is 9.69 Å². The molecule has 2 aliphatic heterocycles. The van der Waals surface area contributed by atoms with Gasteiger partial charge in [-0.15, -0.1) is 0 Å². The van der Waals surface area contributed by atoms with Crippen molar-refractivity contribution in [3.05, 3.63) is 71.8 Å². The lowest BCUT2D eigenvalue weighted by molar-refractivity contribution is -0.125. The maximum Gasteiger partial charge on any atom is 0.224 e. The van der Waals surface area contributed by atoms with Crippen molar-refractivity contribution in [2.45, 2.75) is 37.8 Å². The number of hydrogen-bond acceptors (Lipinski definition) is 2. The van der Waals surface area contributed by atoms with Gasteiger partial charge in [-0.05, 0) is 43.4 Å². The van der Waals surface area contributed by atoms with Gasteiger partial charge in [0.1, 0.15) is 0 Å². The zero-order valence-electron chi connectivity index (χ0n) is 14.6. The molecular weight excluding hydrogens is 308 g/mol. The minimum atomic E-state index is 0.128. The summed E-state index contributed by atoms with van der Waals surface area (Å²) in [5.41, 5.74) is 2.63. The molecule has 2 aromatic carbocycles. The fourth-order valence-corrected chi connectivity index (χ4v) is 4.56. The normalized spacial score (nSPS) is 25.7. The molecule has 0 aromatic heterocycles. The summed E-state index contributed by atoms with van der Waals surface area (Å²) >= 11 is 0. The van der Waals surface area contributed by atoms with E-state index in [9.17, 15) is 4.79 Å². The maximum absolute atomic E-state index is 12.8. The number of hydrogen-bond donors (Lipinski definition) is 1. The van der Waals surface area contributed by atoms with Crippen molar-refractivity contribution in [2.75, 3.05) is 13.1 Å². The fourth-order valence-electron chi connectivity index (χ4n) is 4.56. The highest BCUT2D eigenvalue weighted by Crippen LogP contribution is 2.44. The summed E-state index contributed by atoms with van der Waals surface area (Å²) in [6.45, 7) is 1.85. The van der Waals surface area contributed by atoms with E-state index in [-0.39, 0.29) is 11.8 Å². The van der Waals surface area contributed by atoms with Crippen LogP contribution in [0.5, 0.6) is 0 Å². The van der Waals surface area contributed by atoms with Gasteiger partial charge in [0.15, 0.2) is 0 Å². The Morgan fingerprint density at radius 3 is 2.52 bits per heavy atom. The number of fused-ring (bicyclic) bond motifs is 1. The first-order valence-corrected chi connectivity index (χ1v) is 9.45. The SMILES string of the molecule is O=C(NCCc1ccccc1)[C@H]1C[C@@H](c2ccccc2)N2CCC[C@H]12. The van der Waals surface area contributed by atoms with Crippen LogP contribution in [0.2, 0.25) is 0 Å². The van der Waals surface area contributed by atoms with Crippen LogP contribution in [0.1, 0.15) is 36.4 Å². The second kappa shape index (κ2) is 7.40. The Labute approximate surface area is 150 Å². The van der Waals surface area contributed by atoms with Crippen LogP contribution >= 0.6 is 0 Å². The number of carbonyl (C=O) groups excluding carboxylic acids is 1. The first kappa shape index (κ1) is 16.3. The van der Waals surface area contributed by atoms with Gasteiger partial charge in [-0.1, -0.05) is 60.7 Å². The Bertz CT molecular complexity index is 700. The van der Waals surface area contributed by atoms with Crippen LogP contribution in [0.25, 0.3) is 0 Å². The molecule has 0 radical (unpaired) electrons. The Balaban J connectivity index is 1.39. The largest absolute Gasteiger partial charge is 0.355 e. The lowest BCUT2D eigenvalue weighted by atomic mass is 9.93. The van der Waals surface area contributed by atoms with Gasteiger partial charge in [-0.25, -0.2) is 0 Å². The molecule has 3 nitrogen and oxygen atoms in total. The second-order valence-corrected chi connectivity index (χ2v) is 7.24. The van der Waals surface area contributed by atoms with Crippen molar-refractivity contribution in [1.29, 1.82) is 0 Å². The van der Waals surface area contributed by atoms with Gasteiger partial charge < -0.3 is 5.32 Å². The summed E-state index contributed by atoms with van der Waals surface area (Å²) in [5, 5.41) is 3.19. The van der Waals surface area contributed by atoms with Gasteiger partial charge >= 0.3 is 0 Å². The van der Waals surface area contributed by atoms with Crippen molar-refractivity contribution in [3.8, 4) is 0 Å². The Morgan fingerprint density at radius 2 is 1.76 bits per heavy atom. The Kier molecular flexibility index (Phi) is 4.84. The van der Waals surface area contributed by atoms with E-state index in [1.165, 1.54) is 17.5 Å². The van der Waals surface area contributed by atoms with Crippen LogP contribution in [0.3, 0.4) is 0 Å². The van der Waals surface area contributed by atoms with E-state index in [1.54, 1.807) is 0 Å². The average molecular weight is 334 g/mol. The lowest BCUT2D eigenvalue weighted by Crippen LogP contribution is -2.38. The molecule has 2 heterocycles. The molecule has 1 amide bonds. The van der Waals surface area contributed by atoms with E-state index in [2.05, 4.69) is 64.8 Å². The van der Waals surface area contributed by atoms with Gasteiger partial charge in [0, 0.05) is 18.6 Å². The molecule has 1 N–H and O–H groups in total. The molecule has 2 aliphatic rings. The Morgan fingerprint density at radius 1 is 1.04 bits per heavy atom. The summed E-state index contributed by atoms with van der Waals surface area (Å²) in [5.74, 6) is 0.370. The topological polar surface area (TPSA) is 32.3 Å². The number of carbonyl (C=O) groups is 1. The third-order valence-corrected chi connectivity index (χ3v) is 5.76. The number of nitrogens with zero attached hydrogens (tertiary/aromatic N) is 1. The molecule has 0 saturated carbocycles. The van der Waals surface area contributed by atoms with Crippen molar-refractivity contribution in [1.82, 2.24) is 10.2 Å².